The molecule has 0 unspecified atom stereocenters. The van der Waals surface area contributed by atoms with Crippen LogP contribution in [0.25, 0.3) is 0 Å². The molecule has 1 amide bonds. The molecule has 7 nitrogen and oxygen atoms in total. The second-order valence-corrected chi connectivity index (χ2v) is 6.49. The molecule has 0 aliphatic rings. The Morgan fingerprint density at radius 2 is 2.00 bits per heavy atom. The van der Waals surface area contributed by atoms with Crippen LogP contribution in [0.2, 0.25) is 10.0 Å². The van der Waals surface area contributed by atoms with Crippen molar-refractivity contribution in [1.82, 2.24) is 25.5 Å². The largest absolute Gasteiger partial charge is 0.346 e. The van der Waals surface area contributed by atoms with Crippen LogP contribution in [-0.2, 0) is 13.0 Å². The lowest BCUT2D eigenvalue weighted by Gasteiger charge is -2.07. The molecule has 0 atom stereocenters. The smallest absolute Gasteiger partial charge is 0.263 e. The molecule has 9 heteroatoms. The van der Waals surface area contributed by atoms with E-state index < -0.39 is 11.5 Å². The minimum Gasteiger partial charge on any atom is -0.346 e. The zero-order valence-electron chi connectivity index (χ0n) is 13.8. The minimum absolute atomic E-state index is 0.0775. The molecular weight excluding hydrogens is 377 g/mol. The highest BCUT2D eigenvalue weighted by Gasteiger charge is 2.14. The number of amides is 1. The first kappa shape index (κ1) is 18.2. The first-order valence-electron chi connectivity index (χ1n) is 7.74. The Morgan fingerprint density at radius 3 is 2.62 bits per heavy atom. The van der Waals surface area contributed by atoms with Crippen LogP contribution in [0.5, 0.6) is 0 Å². The standard InChI is InChI=1S/C17H15Cl2N5O2/c1-9-5-10(24-23-9)7-21-16(25)12-8-20-15(22-17(12)26)6-11-13(18)3-2-4-14(11)19/h2-5,8H,6-7H2,1H3,(H,21,25)(H,23,24)(H,20,22,26). The van der Waals surface area contributed by atoms with Gasteiger partial charge in [0.05, 0.1) is 12.2 Å². The van der Waals surface area contributed by atoms with Gasteiger partial charge < -0.3 is 10.3 Å². The van der Waals surface area contributed by atoms with Gasteiger partial charge in [0.25, 0.3) is 11.5 Å². The van der Waals surface area contributed by atoms with Gasteiger partial charge in [0, 0.05) is 28.4 Å². The summed E-state index contributed by atoms with van der Waals surface area (Å²) >= 11 is 12.3. The zero-order chi connectivity index (χ0) is 18.7. The third-order valence-electron chi connectivity index (χ3n) is 3.69. The van der Waals surface area contributed by atoms with E-state index >= 15 is 0 Å². The van der Waals surface area contributed by atoms with Crippen molar-refractivity contribution in [3.63, 3.8) is 0 Å². The summed E-state index contributed by atoms with van der Waals surface area (Å²) in [6, 6.07) is 6.96. The lowest BCUT2D eigenvalue weighted by Crippen LogP contribution is -2.30. The molecule has 0 fully saturated rings. The number of benzene rings is 1. The third-order valence-corrected chi connectivity index (χ3v) is 4.40. The maximum Gasteiger partial charge on any atom is 0.263 e. The van der Waals surface area contributed by atoms with E-state index in [4.69, 9.17) is 23.2 Å². The van der Waals surface area contributed by atoms with Crippen molar-refractivity contribution >= 4 is 29.1 Å². The number of halogens is 2. The van der Waals surface area contributed by atoms with Crippen LogP contribution in [0.1, 0.15) is 33.1 Å². The summed E-state index contributed by atoms with van der Waals surface area (Å²) in [5.74, 6) is -0.161. The molecule has 0 spiro atoms. The topological polar surface area (TPSA) is 104 Å². The molecule has 2 heterocycles. The van der Waals surface area contributed by atoms with Crippen molar-refractivity contribution in [1.29, 1.82) is 0 Å². The Hall–Kier alpha value is -2.64. The van der Waals surface area contributed by atoms with Crippen LogP contribution in [0.15, 0.2) is 35.3 Å². The fourth-order valence-corrected chi connectivity index (χ4v) is 2.91. The lowest BCUT2D eigenvalue weighted by molar-refractivity contribution is 0.0948. The normalized spacial score (nSPS) is 10.7. The van der Waals surface area contributed by atoms with Crippen LogP contribution in [0.3, 0.4) is 0 Å². The number of rotatable bonds is 5. The van der Waals surface area contributed by atoms with Gasteiger partial charge in [-0.25, -0.2) is 4.98 Å². The maximum absolute atomic E-state index is 12.2. The average Bonchev–Trinajstić information content (AvgIpc) is 3.02. The minimum atomic E-state index is -0.533. The molecule has 3 aromatic rings. The molecule has 134 valence electrons. The van der Waals surface area contributed by atoms with E-state index in [9.17, 15) is 9.59 Å². The number of hydrogen-bond donors (Lipinski definition) is 3. The number of aromatic nitrogens is 4. The van der Waals surface area contributed by atoms with Gasteiger partial charge >= 0.3 is 0 Å². The van der Waals surface area contributed by atoms with E-state index in [1.807, 2.05) is 6.92 Å². The van der Waals surface area contributed by atoms with E-state index in [0.717, 1.165) is 5.69 Å². The second kappa shape index (κ2) is 7.72. The third kappa shape index (κ3) is 4.12. The molecule has 1 aromatic carbocycles. The summed E-state index contributed by atoms with van der Waals surface area (Å²) in [6.07, 6.45) is 1.49. The van der Waals surface area contributed by atoms with Crippen molar-refractivity contribution in [2.45, 2.75) is 19.9 Å². The van der Waals surface area contributed by atoms with Gasteiger partial charge in [-0.2, -0.15) is 5.10 Å². The summed E-state index contributed by atoms with van der Waals surface area (Å²) in [7, 11) is 0. The van der Waals surface area contributed by atoms with Crippen molar-refractivity contribution in [3.05, 3.63) is 79.2 Å². The number of carbonyl (C=O) groups excluding carboxylic acids is 1. The van der Waals surface area contributed by atoms with Crippen LogP contribution in [0, 0.1) is 6.92 Å². The molecule has 3 rings (SSSR count). The number of hydrogen-bond acceptors (Lipinski definition) is 4. The summed E-state index contributed by atoms with van der Waals surface area (Å²) < 4.78 is 0. The summed E-state index contributed by atoms with van der Waals surface area (Å²) in [6.45, 7) is 2.07. The molecule has 0 aliphatic heterocycles. The second-order valence-electron chi connectivity index (χ2n) is 5.67. The Kier molecular flexibility index (Phi) is 5.39. The van der Waals surface area contributed by atoms with Gasteiger partial charge in [0.1, 0.15) is 11.4 Å². The highest BCUT2D eigenvalue weighted by molar-refractivity contribution is 6.36. The molecular formula is C17H15Cl2N5O2. The van der Waals surface area contributed by atoms with E-state index in [1.165, 1.54) is 6.20 Å². The average molecular weight is 392 g/mol. The maximum atomic E-state index is 12.2. The van der Waals surface area contributed by atoms with Crippen molar-refractivity contribution in [3.8, 4) is 0 Å². The molecule has 3 N–H and O–H groups in total. The molecule has 0 saturated carbocycles. The van der Waals surface area contributed by atoms with Crippen molar-refractivity contribution in [2.24, 2.45) is 0 Å². The molecule has 26 heavy (non-hydrogen) atoms. The van der Waals surface area contributed by atoms with Gasteiger partial charge in [0.2, 0.25) is 0 Å². The van der Waals surface area contributed by atoms with E-state index in [2.05, 4.69) is 25.5 Å². The summed E-state index contributed by atoms with van der Waals surface area (Å²) in [4.78, 5) is 31.1. The van der Waals surface area contributed by atoms with Crippen LogP contribution >= 0.6 is 23.2 Å². The molecule has 2 aromatic heterocycles. The quantitative estimate of drug-likeness (QED) is 0.621. The molecule has 0 bridgehead atoms. The summed E-state index contributed by atoms with van der Waals surface area (Å²) in [5, 5.41) is 10.4. The number of aryl methyl sites for hydroxylation is 1. The van der Waals surface area contributed by atoms with Gasteiger partial charge in [-0.3, -0.25) is 14.7 Å². The van der Waals surface area contributed by atoms with Crippen LogP contribution < -0.4 is 10.9 Å². The summed E-state index contributed by atoms with van der Waals surface area (Å²) in [5.41, 5.74) is 1.60. The highest BCUT2D eigenvalue weighted by atomic mass is 35.5. The number of nitrogens with zero attached hydrogens (tertiary/aromatic N) is 2. The Morgan fingerprint density at radius 1 is 1.27 bits per heavy atom. The van der Waals surface area contributed by atoms with Gasteiger partial charge in [-0.1, -0.05) is 29.3 Å². The highest BCUT2D eigenvalue weighted by Crippen LogP contribution is 2.25. The van der Waals surface area contributed by atoms with E-state index in [0.29, 0.717) is 27.1 Å². The number of nitrogens with one attached hydrogen (secondary N) is 3. The first-order chi connectivity index (χ1) is 12.4. The Balaban J connectivity index is 1.73. The molecule has 0 saturated heterocycles. The predicted molar refractivity (Wildman–Crippen MR) is 98.6 cm³/mol. The van der Waals surface area contributed by atoms with Crippen LogP contribution in [0.4, 0.5) is 0 Å². The fourth-order valence-electron chi connectivity index (χ4n) is 2.38. The predicted octanol–water partition coefficient (Wildman–Crippen LogP) is 2.63. The van der Waals surface area contributed by atoms with E-state index in [-0.39, 0.29) is 18.5 Å². The van der Waals surface area contributed by atoms with Crippen LogP contribution in [-0.4, -0.2) is 26.1 Å². The lowest BCUT2D eigenvalue weighted by atomic mass is 10.1. The molecule has 0 aliphatic carbocycles. The fraction of sp³-hybridized carbons (Fsp3) is 0.176. The monoisotopic (exact) mass is 391 g/mol. The number of carbonyl (C=O) groups is 1. The Labute approximate surface area is 158 Å². The molecule has 0 radical (unpaired) electrons. The van der Waals surface area contributed by atoms with Crippen molar-refractivity contribution < 1.29 is 4.79 Å². The van der Waals surface area contributed by atoms with E-state index in [1.54, 1.807) is 24.3 Å². The SMILES string of the molecule is Cc1cc(CNC(=O)c2cnc(Cc3c(Cl)cccc3Cl)[nH]c2=O)n[nH]1. The van der Waals surface area contributed by atoms with Gasteiger partial charge in [0.15, 0.2) is 0 Å². The first-order valence-corrected chi connectivity index (χ1v) is 8.50. The van der Waals surface area contributed by atoms with Gasteiger partial charge in [-0.15, -0.1) is 0 Å². The number of aromatic amines is 2. The van der Waals surface area contributed by atoms with Gasteiger partial charge in [-0.05, 0) is 30.7 Å². The van der Waals surface area contributed by atoms with Crippen molar-refractivity contribution in [2.75, 3.05) is 0 Å². The Bertz CT molecular complexity index is 992. The number of H-pyrrole nitrogens is 2. The zero-order valence-corrected chi connectivity index (χ0v) is 15.3.